The van der Waals surface area contributed by atoms with E-state index in [0.717, 1.165) is 37.7 Å². The second kappa shape index (κ2) is 9.23. The predicted octanol–water partition coefficient (Wildman–Crippen LogP) is 0.828. The molecule has 0 bridgehead atoms. The van der Waals surface area contributed by atoms with Crippen molar-refractivity contribution in [1.29, 1.82) is 0 Å². The second-order valence-electron chi connectivity index (χ2n) is 7.76. The van der Waals surface area contributed by atoms with Crippen LogP contribution >= 0.6 is 0 Å². The van der Waals surface area contributed by atoms with Crippen molar-refractivity contribution in [2.24, 2.45) is 0 Å². The highest BCUT2D eigenvalue weighted by Crippen LogP contribution is 2.21. The van der Waals surface area contributed by atoms with Crippen LogP contribution in [0.25, 0.3) is 0 Å². The molecule has 2 N–H and O–H groups in total. The predicted molar refractivity (Wildman–Crippen MR) is 114 cm³/mol. The minimum absolute atomic E-state index is 0.0689. The zero-order valence-electron chi connectivity index (χ0n) is 17.5. The Morgan fingerprint density at radius 1 is 1.07 bits per heavy atom. The summed E-state index contributed by atoms with van der Waals surface area (Å²) in [6, 6.07) is 16.2. The summed E-state index contributed by atoms with van der Waals surface area (Å²) >= 11 is 0. The Balaban J connectivity index is 1.57. The van der Waals surface area contributed by atoms with Gasteiger partial charge >= 0.3 is 0 Å². The van der Waals surface area contributed by atoms with Gasteiger partial charge in [0, 0.05) is 18.4 Å². The highest BCUT2D eigenvalue weighted by atomic mass is 16.5. The Kier molecular flexibility index (Phi) is 6.25. The number of piperazine rings is 1. The summed E-state index contributed by atoms with van der Waals surface area (Å²) in [5.74, 6) is 1.18. The molecule has 1 saturated heterocycles. The Labute approximate surface area is 176 Å². The normalized spacial score (nSPS) is 16.0. The number of benzene rings is 2. The van der Waals surface area contributed by atoms with Gasteiger partial charge in [-0.2, -0.15) is 0 Å². The average Bonchev–Trinajstić information content (AvgIpc) is 3.23. The maximum atomic E-state index is 9.56. The fraction of sp³-hybridized carbons (Fsp3) is 0.409. The first-order chi connectivity index (χ1) is 14.7. The number of rotatable bonds is 7. The zero-order valence-corrected chi connectivity index (χ0v) is 17.5. The maximum absolute atomic E-state index is 9.56. The number of nitrogens with zero attached hydrogens (tertiary/aromatic N) is 5. The van der Waals surface area contributed by atoms with E-state index < -0.39 is 0 Å². The van der Waals surface area contributed by atoms with Crippen LogP contribution in [0.4, 0.5) is 5.69 Å². The Morgan fingerprint density at radius 2 is 1.77 bits per heavy atom. The monoisotopic (exact) mass is 409 g/mol. The van der Waals surface area contributed by atoms with Crippen LogP contribution in [0.1, 0.15) is 23.0 Å². The molecule has 1 atom stereocenters. The van der Waals surface area contributed by atoms with E-state index >= 15 is 0 Å². The number of ether oxygens (including phenoxy) is 1. The van der Waals surface area contributed by atoms with Gasteiger partial charge in [-0.1, -0.05) is 29.8 Å². The Morgan fingerprint density at radius 3 is 2.43 bits per heavy atom. The third kappa shape index (κ3) is 4.44. The molecule has 1 aromatic heterocycles. The highest BCUT2D eigenvalue weighted by Gasteiger charge is 2.34. The molecule has 0 aliphatic carbocycles. The number of phenolic OH excluding ortho intramolecular Hbond substituents is 1. The molecule has 3 aromatic rings. The van der Waals surface area contributed by atoms with Crippen molar-refractivity contribution in [2.75, 3.05) is 44.8 Å². The Bertz CT molecular complexity index is 933. The molecule has 30 heavy (non-hydrogen) atoms. The van der Waals surface area contributed by atoms with E-state index in [1.54, 1.807) is 19.2 Å². The Hall–Kier alpha value is -2.97. The van der Waals surface area contributed by atoms with Gasteiger partial charge in [-0.05, 0) is 41.6 Å². The van der Waals surface area contributed by atoms with Gasteiger partial charge in [-0.25, -0.2) is 4.68 Å². The third-order valence-corrected chi connectivity index (χ3v) is 5.76. The molecular formula is C22H29N6O2+. The lowest BCUT2D eigenvalue weighted by molar-refractivity contribution is -0.927. The van der Waals surface area contributed by atoms with E-state index in [0.29, 0.717) is 18.9 Å². The van der Waals surface area contributed by atoms with E-state index in [-0.39, 0.29) is 6.04 Å². The number of hydrogen-bond acceptors (Lipinski definition) is 6. The first-order valence-electron chi connectivity index (χ1n) is 10.4. The number of nitrogens with one attached hydrogen (secondary N) is 1. The molecule has 1 aliphatic heterocycles. The van der Waals surface area contributed by atoms with Gasteiger partial charge in [0.15, 0.2) is 6.04 Å². The van der Waals surface area contributed by atoms with Crippen molar-refractivity contribution in [2.45, 2.75) is 19.5 Å². The lowest BCUT2D eigenvalue weighted by Crippen LogP contribution is -3.15. The molecule has 158 valence electrons. The number of hydrogen-bond donors (Lipinski definition) is 2. The van der Waals surface area contributed by atoms with Crippen molar-refractivity contribution >= 4 is 5.69 Å². The van der Waals surface area contributed by atoms with Crippen LogP contribution in [0.3, 0.4) is 0 Å². The first kappa shape index (κ1) is 20.3. The first-order valence-corrected chi connectivity index (χ1v) is 10.4. The lowest BCUT2D eigenvalue weighted by Gasteiger charge is -2.37. The van der Waals surface area contributed by atoms with E-state index in [1.807, 2.05) is 16.8 Å². The third-order valence-electron chi connectivity index (χ3n) is 5.76. The molecule has 0 unspecified atom stereocenters. The van der Waals surface area contributed by atoms with Crippen LogP contribution < -0.4 is 9.80 Å². The van der Waals surface area contributed by atoms with Gasteiger partial charge in [-0.15, -0.1) is 5.10 Å². The molecule has 0 spiro atoms. The second-order valence-corrected chi connectivity index (χ2v) is 7.76. The van der Waals surface area contributed by atoms with Gasteiger partial charge in [0.25, 0.3) is 0 Å². The van der Waals surface area contributed by atoms with Gasteiger partial charge in [-0.3, -0.25) is 0 Å². The molecule has 1 fully saturated rings. The van der Waals surface area contributed by atoms with E-state index in [9.17, 15) is 5.11 Å². The van der Waals surface area contributed by atoms with Crippen molar-refractivity contribution in [1.82, 2.24) is 20.2 Å². The molecule has 2 heterocycles. The lowest BCUT2D eigenvalue weighted by atomic mass is 10.0. The van der Waals surface area contributed by atoms with Crippen molar-refractivity contribution < 1.29 is 14.7 Å². The standard InChI is InChI=1S/C22H28N6O2/c1-17-3-5-18(6-4-17)21(22-23-24-25-28(22)15-16-30-2)27-13-11-26(12-14-27)19-7-9-20(29)10-8-19/h3-10,21,29H,11-16H2,1-2H3/p+1/t21-/m0/s1. The van der Waals surface area contributed by atoms with Crippen molar-refractivity contribution in [3.05, 3.63) is 65.5 Å². The number of anilines is 1. The van der Waals surface area contributed by atoms with Gasteiger partial charge in [0.1, 0.15) is 5.75 Å². The van der Waals surface area contributed by atoms with Gasteiger partial charge in [0.2, 0.25) is 5.82 Å². The van der Waals surface area contributed by atoms with Gasteiger partial charge < -0.3 is 19.6 Å². The van der Waals surface area contributed by atoms with Crippen LogP contribution in [-0.2, 0) is 11.3 Å². The summed E-state index contributed by atoms with van der Waals surface area (Å²) in [6.45, 7) is 7.11. The molecular weight excluding hydrogens is 380 g/mol. The summed E-state index contributed by atoms with van der Waals surface area (Å²) in [4.78, 5) is 3.81. The van der Waals surface area contributed by atoms with Gasteiger partial charge in [0.05, 0.1) is 39.3 Å². The van der Waals surface area contributed by atoms with E-state index in [4.69, 9.17) is 4.74 Å². The van der Waals surface area contributed by atoms with Crippen LogP contribution in [0.2, 0.25) is 0 Å². The largest absolute Gasteiger partial charge is 0.508 e. The number of aromatic hydroxyl groups is 1. The van der Waals surface area contributed by atoms with Crippen molar-refractivity contribution in [3.8, 4) is 5.75 Å². The minimum Gasteiger partial charge on any atom is -0.508 e. The minimum atomic E-state index is 0.0689. The molecule has 8 heteroatoms. The molecule has 2 aromatic carbocycles. The number of quaternary nitrogens is 1. The molecule has 4 rings (SSSR count). The summed E-state index contributed by atoms with van der Waals surface area (Å²) in [5, 5.41) is 22.1. The van der Waals surface area contributed by atoms with Crippen LogP contribution in [0, 0.1) is 6.92 Å². The molecule has 0 radical (unpaired) electrons. The number of methoxy groups -OCH3 is 1. The summed E-state index contributed by atoms with van der Waals surface area (Å²) in [5.41, 5.74) is 3.61. The summed E-state index contributed by atoms with van der Waals surface area (Å²) < 4.78 is 7.11. The number of tetrazole rings is 1. The fourth-order valence-corrected chi connectivity index (χ4v) is 4.09. The van der Waals surface area contributed by atoms with Crippen LogP contribution in [0.15, 0.2) is 48.5 Å². The smallest absolute Gasteiger partial charge is 0.214 e. The highest BCUT2D eigenvalue weighted by molar-refractivity contribution is 5.49. The SMILES string of the molecule is COCCn1nnnc1[C@H](c1ccc(C)cc1)[NH+]1CCN(c2ccc(O)cc2)CC1. The van der Waals surface area contributed by atoms with Crippen LogP contribution in [0.5, 0.6) is 5.75 Å². The number of aryl methyl sites for hydroxylation is 1. The van der Waals surface area contributed by atoms with Crippen molar-refractivity contribution in [3.63, 3.8) is 0 Å². The number of aromatic nitrogens is 4. The average molecular weight is 410 g/mol. The fourth-order valence-electron chi connectivity index (χ4n) is 4.09. The van der Waals surface area contributed by atoms with E-state index in [2.05, 4.69) is 51.6 Å². The molecule has 1 aliphatic rings. The maximum Gasteiger partial charge on any atom is 0.214 e. The molecule has 8 nitrogen and oxygen atoms in total. The molecule has 0 amide bonds. The molecule has 0 saturated carbocycles. The van der Waals surface area contributed by atoms with Crippen LogP contribution in [-0.4, -0.2) is 65.2 Å². The number of phenols is 1. The quantitative estimate of drug-likeness (QED) is 0.602. The summed E-state index contributed by atoms with van der Waals surface area (Å²) in [6.07, 6.45) is 0. The van der Waals surface area contributed by atoms with E-state index in [1.165, 1.54) is 16.0 Å². The summed E-state index contributed by atoms with van der Waals surface area (Å²) in [7, 11) is 1.69. The zero-order chi connectivity index (χ0) is 20.9. The topological polar surface area (TPSA) is 80.7 Å².